The lowest BCUT2D eigenvalue weighted by molar-refractivity contribution is -0.145. The Morgan fingerprint density at radius 1 is 0.929 bits per heavy atom. The summed E-state index contributed by atoms with van der Waals surface area (Å²) in [6.45, 7) is 3.40. The van der Waals surface area contributed by atoms with Gasteiger partial charge in [0.1, 0.15) is 19.2 Å². The Morgan fingerprint density at radius 3 is 2.21 bits per heavy atom. The first kappa shape index (κ1) is 22.9. The highest BCUT2D eigenvalue weighted by molar-refractivity contribution is 5.88. The molecule has 0 radical (unpaired) electrons. The van der Waals surface area contributed by atoms with Gasteiger partial charge in [-0.3, -0.25) is 14.4 Å². The van der Waals surface area contributed by atoms with E-state index in [1.165, 1.54) is 0 Å². The second-order valence-corrected chi connectivity index (χ2v) is 5.63. The maximum absolute atomic E-state index is 12.3. The predicted molar refractivity (Wildman–Crippen MR) is 99.1 cm³/mol. The summed E-state index contributed by atoms with van der Waals surface area (Å²) >= 11 is 0. The van der Waals surface area contributed by atoms with Crippen LogP contribution in [0.1, 0.15) is 32.3 Å². The van der Waals surface area contributed by atoms with Crippen LogP contribution in [-0.4, -0.2) is 49.7 Å². The second kappa shape index (κ2) is 13.1. The standard InChI is InChI=1S/C19H26N2O7/c1-3-26-16(22)11-10-15(18(24)20-12-17(23)27-4-2)21-19(25)28-13-14-8-6-5-7-9-14/h5-9,15H,3-4,10-13H2,1-2H3,(H,20,24)(H,21,25)/t15-/m0/s1. The molecule has 0 bridgehead atoms. The molecule has 9 nitrogen and oxygen atoms in total. The Bertz CT molecular complexity index is 649. The first-order valence-electron chi connectivity index (χ1n) is 9.02. The van der Waals surface area contributed by atoms with Crippen LogP contribution in [0.4, 0.5) is 4.79 Å². The van der Waals surface area contributed by atoms with Crippen LogP contribution < -0.4 is 10.6 Å². The third-order valence-electron chi connectivity index (χ3n) is 3.48. The average molecular weight is 394 g/mol. The molecule has 0 aromatic heterocycles. The van der Waals surface area contributed by atoms with E-state index in [1.807, 2.05) is 18.2 Å². The molecule has 1 aromatic rings. The summed E-state index contributed by atoms with van der Waals surface area (Å²) in [4.78, 5) is 47.2. The van der Waals surface area contributed by atoms with E-state index in [0.29, 0.717) is 0 Å². The molecule has 0 aliphatic heterocycles. The van der Waals surface area contributed by atoms with Gasteiger partial charge in [0.05, 0.1) is 13.2 Å². The Kier molecular flexibility index (Phi) is 10.8. The van der Waals surface area contributed by atoms with Crippen molar-refractivity contribution in [2.75, 3.05) is 19.8 Å². The predicted octanol–water partition coefficient (Wildman–Crippen LogP) is 1.30. The molecule has 9 heteroatoms. The summed E-state index contributed by atoms with van der Waals surface area (Å²) < 4.78 is 14.6. The van der Waals surface area contributed by atoms with Crippen LogP contribution in [0, 0.1) is 0 Å². The lowest BCUT2D eigenvalue weighted by Gasteiger charge is -2.18. The van der Waals surface area contributed by atoms with Crippen LogP contribution in [0.3, 0.4) is 0 Å². The number of carbonyl (C=O) groups excluding carboxylic acids is 4. The summed E-state index contributed by atoms with van der Waals surface area (Å²) in [5, 5.41) is 4.77. The van der Waals surface area contributed by atoms with Crippen molar-refractivity contribution in [3.63, 3.8) is 0 Å². The van der Waals surface area contributed by atoms with Crippen molar-refractivity contribution < 1.29 is 33.4 Å². The van der Waals surface area contributed by atoms with E-state index in [1.54, 1.807) is 26.0 Å². The first-order chi connectivity index (χ1) is 13.5. The summed E-state index contributed by atoms with van der Waals surface area (Å²) in [6, 6.07) is 7.96. The van der Waals surface area contributed by atoms with Crippen LogP contribution in [0.25, 0.3) is 0 Å². The van der Waals surface area contributed by atoms with E-state index < -0.39 is 30.0 Å². The molecular formula is C19H26N2O7. The van der Waals surface area contributed by atoms with Gasteiger partial charge in [0.25, 0.3) is 0 Å². The topological polar surface area (TPSA) is 120 Å². The van der Waals surface area contributed by atoms with Gasteiger partial charge in [-0.15, -0.1) is 0 Å². The van der Waals surface area contributed by atoms with Crippen LogP contribution in [-0.2, 0) is 35.2 Å². The normalized spacial score (nSPS) is 11.1. The summed E-state index contributed by atoms with van der Waals surface area (Å²) in [5.74, 6) is -1.73. The maximum atomic E-state index is 12.3. The minimum Gasteiger partial charge on any atom is -0.466 e. The van der Waals surface area contributed by atoms with Crippen molar-refractivity contribution in [2.24, 2.45) is 0 Å². The van der Waals surface area contributed by atoms with Gasteiger partial charge < -0.3 is 24.8 Å². The number of benzene rings is 1. The quantitative estimate of drug-likeness (QED) is 0.429. The van der Waals surface area contributed by atoms with E-state index in [-0.39, 0.29) is 39.2 Å². The zero-order valence-electron chi connectivity index (χ0n) is 16.1. The molecule has 0 fully saturated rings. The fraction of sp³-hybridized carbons (Fsp3) is 0.474. The molecule has 1 aromatic carbocycles. The minimum absolute atomic E-state index is 0.00602. The fourth-order valence-electron chi connectivity index (χ4n) is 2.17. The van der Waals surface area contributed by atoms with Crippen molar-refractivity contribution in [1.29, 1.82) is 0 Å². The maximum Gasteiger partial charge on any atom is 0.408 e. The number of ether oxygens (including phenoxy) is 3. The molecule has 0 aliphatic rings. The van der Waals surface area contributed by atoms with E-state index in [0.717, 1.165) is 5.56 Å². The molecule has 0 saturated carbocycles. The molecule has 1 atom stereocenters. The van der Waals surface area contributed by atoms with Gasteiger partial charge in [0, 0.05) is 6.42 Å². The monoisotopic (exact) mass is 394 g/mol. The van der Waals surface area contributed by atoms with Gasteiger partial charge in [0.2, 0.25) is 5.91 Å². The van der Waals surface area contributed by atoms with Crippen molar-refractivity contribution in [1.82, 2.24) is 10.6 Å². The number of hydrogen-bond donors (Lipinski definition) is 2. The van der Waals surface area contributed by atoms with Crippen molar-refractivity contribution in [3.8, 4) is 0 Å². The number of nitrogens with one attached hydrogen (secondary N) is 2. The Labute approximate surface area is 163 Å². The van der Waals surface area contributed by atoms with Gasteiger partial charge in [-0.1, -0.05) is 30.3 Å². The zero-order valence-corrected chi connectivity index (χ0v) is 16.1. The molecule has 0 aliphatic carbocycles. The molecule has 28 heavy (non-hydrogen) atoms. The van der Waals surface area contributed by atoms with Gasteiger partial charge in [-0.05, 0) is 25.8 Å². The molecule has 0 unspecified atom stereocenters. The number of carbonyl (C=O) groups is 4. The van der Waals surface area contributed by atoms with E-state index in [9.17, 15) is 19.2 Å². The van der Waals surface area contributed by atoms with Gasteiger partial charge in [0.15, 0.2) is 0 Å². The third-order valence-corrected chi connectivity index (χ3v) is 3.48. The molecule has 1 rings (SSSR count). The SMILES string of the molecule is CCOC(=O)CC[C@H](NC(=O)OCc1ccccc1)C(=O)NCC(=O)OCC. The Morgan fingerprint density at radius 2 is 1.57 bits per heavy atom. The largest absolute Gasteiger partial charge is 0.466 e. The highest BCUT2D eigenvalue weighted by atomic mass is 16.5. The minimum atomic E-state index is -1.07. The lowest BCUT2D eigenvalue weighted by Crippen LogP contribution is -2.48. The first-order valence-corrected chi connectivity index (χ1v) is 9.02. The van der Waals surface area contributed by atoms with Crippen LogP contribution >= 0.6 is 0 Å². The molecular weight excluding hydrogens is 368 g/mol. The fourth-order valence-corrected chi connectivity index (χ4v) is 2.17. The van der Waals surface area contributed by atoms with Gasteiger partial charge in [-0.2, -0.15) is 0 Å². The molecule has 154 valence electrons. The lowest BCUT2D eigenvalue weighted by atomic mass is 10.1. The summed E-state index contributed by atoms with van der Waals surface area (Å²) in [7, 11) is 0. The molecule has 0 spiro atoms. The Balaban J connectivity index is 2.59. The average Bonchev–Trinajstić information content (AvgIpc) is 2.69. The third kappa shape index (κ3) is 9.56. The highest BCUT2D eigenvalue weighted by Crippen LogP contribution is 2.04. The van der Waals surface area contributed by atoms with E-state index >= 15 is 0 Å². The number of amides is 2. The summed E-state index contributed by atoms with van der Waals surface area (Å²) in [5.41, 5.74) is 0.785. The molecule has 2 N–H and O–H groups in total. The van der Waals surface area contributed by atoms with Crippen molar-refractivity contribution in [2.45, 2.75) is 39.3 Å². The van der Waals surface area contributed by atoms with Crippen molar-refractivity contribution in [3.05, 3.63) is 35.9 Å². The highest BCUT2D eigenvalue weighted by Gasteiger charge is 2.23. The second-order valence-electron chi connectivity index (χ2n) is 5.63. The number of hydrogen-bond acceptors (Lipinski definition) is 7. The number of rotatable bonds is 11. The Hall–Kier alpha value is -3.10. The van der Waals surface area contributed by atoms with Crippen molar-refractivity contribution >= 4 is 23.9 Å². The number of alkyl carbamates (subject to hydrolysis) is 1. The van der Waals surface area contributed by atoms with E-state index in [2.05, 4.69) is 10.6 Å². The molecule has 0 saturated heterocycles. The van der Waals surface area contributed by atoms with Gasteiger partial charge >= 0.3 is 18.0 Å². The molecule has 2 amide bonds. The summed E-state index contributed by atoms with van der Waals surface area (Å²) in [6.07, 6.45) is -0.901. The van der Waals surface area contributed by atoms with Gasteiger partial charge in [-0.25, -0.2) is 4.79 Å². The van der Waals surface area contributed by atoms with Crippen LogP contribution in [0.2, 0.25) is 0 Å². The smallest absolute Gasteiger partial charge is 0.408 e. The van der Waals surface area contributed by atoms with Crippen LogP contribution in [0.5, 0.6) is 0 Å². The zero-order chi connectivity index (χ0) is 20.8. The molecule has 0 heterocycles. The van der Waals surface area contributed by atoms with Crippen LogP contribution in [0.15, 0.2) is 30.3 Å². The van der Waals surface area contributed by atoms with E-state index in [4.69, 9.17) is 14.2 Å². The number of esters is 2.